The monoisotopic (exact) mass is 405 g/mol. The molecule has 8 nitrogen and oxygen atoms in total. The fourth-order valence-electron chi connectivity index (χ4n) is 2.11. The summed E-state index contributed by atoms with van der Waals surface area (Å²) in [6, 6.07) is 5.49. The van der Waals surface area contributed by atoms with E-state index >= 15 is 0 Å². The first-order valence-electron chi connectivity index (χ1n) is 8.86. The summed E-state index contributed by atoms with van der Waals surface area (Å²) in [5, 5.41) is 10.8. The zero-order valence-electron chi connectivity index (χ0n) is 16.1. The zero-order valence-corrected chi connectivity index (χ0v) is 16.9. The van der Waals surface area contributed by atoms with Crippen LogP contribution in [-0.4, -0.2) is 43.6 Å². The highest BCUT2D eigenvalue weighted by Crippen LogP contribution is 2.28. The van der Waals surface area contributed by atoms with Crippen LogP contribution < -0.4 is 14.8 Å². The van der Waals surface area contributed by atoms with Gasteiger partial charge in [-0.05, 0) is 48.9 Å². The van der Waals surface area contributed by atoms with Crippen LogP contribution in [-0.2, 0) is 14.3 Å². The van der Waals surface area contributed by atoms with E-state index in [2.05, 4.69) is 27.2 Å². The average Bonchev–Trinajstić information content (AvgIpc) is 3.03. The van der Waals surface area contributed by atoms with E-state index in [0.29, 0.717) is 24.7 Å². The summed E-state index contributed by atoms with van der Waals surface area (Å²) >= 11 is 1.01. The Morgan fingerprint density at radius 3 is 2.79 bits per heavy atom. The number of carbonyl (C=O) groups excluding carboxylic acids is 2. The quantitative estimate of drug-likeness (QED) is 0.223. The molecule has 0 saturated carbocycles. The summed E-state index contributed by atoms with van der Waals surface area (Å²) in [5.74, 6) is 0.306. The van der Waals surface area contributed by atoms with Crippen molar-refractivity contribution in [3.05, 3.63) is 34.7 Å². The number of amides is 1. The van der Waals surface area contributed by atoms with Gasteiger partial charge in [0, 0.05) is 6.08 Å². The van der Waals surface area contributed by atoms with Crippen molar-refractivity contribution in [2.75, 3.05) is 20.3 Å². The van der Waals surface area contributed by atoms with Crippen LogP contribution in [0.5, 0.6) is 11.5 Å². The molecule has 1 aromatic carbocycles. The highest BCUT2D eigenvalue weighted by Gasteiger charge is 2.24. The third-order valence-electron chi connectivity index (χ3n) is 3.48. The van der Waals surface area contributed by atoms with Crippen molar-refractivity contribution in [2.45, 2.75) is 26.7 Å². The molecular weight excluding hydrogens is 382 g/mol. The van der Waals surface area contributed by atoms with Crippen LogP contribution in [0.4, 0.5) is 0 Å². The number of hydrogen-bond acceptors (Lipinski definition) is 8. The molecule has 0 aliphatic carbocycles. The van der Waals surface area contributed by atoms with Gasteiger partial charge in [0.25, 0.3) is 5.91 Å². The molecule has 0 unspecified atom stereocenters. The first-order valence-corrected chi connectivity index (χ1v) is 9.68. The van der Waals surface area contributed by atoms with Gasteiger partial charge in [0.15, 0.2) is 16.7 Å². The number of nitrogens with one attached hydrogen (secondary N) is 1. The lowest BCUT2D eigenvalue weighted by Gasteiger charge is -2.12. The summed E-state index contributed by atoms with van der Waals surface area (Å²) < 4.78 is 15.9. The van der Waals surface area contributed by atoms with Crippen LogP contribution in [0.15, 0.2) is 39.4 Å². The summed E-state index contributed by atoms with van der Waals surface area (Å²) in [7, 11) is 1.24. The Morgan fingerprint density at radius 2 is 2.07 bits per heavy atom. The molecule has 2 rings (SSSR count). The molecule has 1 amide bonds. The van der Waals surface area contributed by atoms with Crippen molar-refractivity contribution in [2.24, 2.45) is 10.2 Å². The molecule has 1 heterocycles. The number of nitrogens with zero attached hydrogens (tertiary/aromatic N) is 2. The van der Waals surface area contributed by atoms with Gasteiger partial charge in [0.05, 0.1) is 31.4 Å². The Hall–Kier alpha value is -2.81. The molecule has 1 aliphatic rings. The number of hydrogen-bond donors (Lipinski definition) is 1. The lowest BCUT2D eigenvalue weighted by atomic mass is 10.2. The molecule has 0 aromatic heterocycles. The third kappa shape index (κ3) is 6.41. The Bertz CT molecular complexity index is 805. The molecule has 1 saturated heterocycles. The number of thioether (sulfide) groups is 1. The molecule has 0 bridgehead atoms. The fourth-order valence-corrected chi connectivity index (χ4v) is 2.85. The summed E-state index contributed by atoms with van der Waals surface area (Å²) in [6.45, 7) is 5.16. The van der Waals surface area contributed by atoms with Gasteiger partial charge in [-0.1, -0.05) is 13.3 Å². The van der Waals surface area contributed by atoms with Crippen LogP contribution in [0, 0.1) is 0 Å². The molecular formula is C19H23N3O5S. The molecule has 28 heavy (non-hydrogen) atoms. The summed E-state index contributed by atoms with van der Waals surface area (Å²) in [5.41, 5.74) is 0.773. The molecule has 150 valence electrons. The second-order valence-electron chi connectivity index (χ2n) is 5.58. The smallest absolute Gasteiger partial charge is 0.331 e. The number of esters is 1. The number of amidine groups is 1. The minimum atomic E-state index is -0.605. The van der Waals surface area contributed by atoms with Gasteiger partial charge < -0.3 is 14.2 Å². The predicted octanol–water partition coefficient (Wildman–Crippen LogP) is 2.87. The number of ether oxygens (including phenoxy) is 3. The van der Waals surface area contributed by atoms with Crippen LogP contribution in [0.1, 0.15) is 32.3 Å². The maximum Gasteiger partial charge on any atom is 0.331 e. The molecule has 0 radical (unpaired) electrons. The van der Waals surface area contributed by atoms with Crippen molar-refractivity contribution in [3.63, 3.8) is 0 Å². The standard InChI is InChI=1S/C19H23N3O5S/c1-4-6-9-27-14-8-7-13(10-15(14)26-5-2)12-20-22-19-21-18(24)16(28-19)11-17(23)25-3/h7-8,10-12H,4-6,9H2,1-3H3,(H,21,22,24)/b16-11+,20-12?. The van der Waals surface area contributed by atoms with E-state index in [-0.39, 0.29) is 10.1 Å². The summed E-state index contributed by atoms with van der Waals surface area (Å²) in [6.07, 6.45) is 4.68. The maximum atomic E-state index is 11.8. The Kier molecular flexibility index (Phi) is 8.54. The van der Waals surface area contributed by atoms with E-state index in [1.807, 2.05) is 25.1 Å². The number of benzene rings is 1. The maximum absolute atomic E-state index is 11.8. The van der Waals surface area contributed by atoms with Gasteiger partial charge >= 0.3 is 5.97 Å². The number of carbonyl (C=O) groups is 2. The Labute approximate surface area is 168 Å². The van der Waals surface area contributed by atoms with Crippen molar-refractivity contribution in [3.8, 4) is 11.5 Å². The van der Waals surface area contributed by atoms with E-state index in [4.69, 9.17) is 9.47 Å². The first-order chi connectivity index (χ1) is 13.6. The highest BCUT2D eigenvalue weighted by molar-refractivity contribution is 8.18. The van der Waals surface area contributed by atoms with Gasteiger partial charge in [-0.15, -0.1) is 5.10 Å². The van der Waals surface area contributed by atoms with Crippen molar-refractivity contribution in [1.82, 2.24) is 5.32 Å². The van der Waals surface area contributed by atoms with E-state index in [0.717, 1.165) is 36.2 Å². The predicted molar refractivity (Wildman–Crippen MR) is 109 cm³/mol. The van der Waals surface area contributed by atoms with Gasteiger partial charge in [-0.2, -0.15) is 5.10 Å². The SMILES string of the molecule is CCCCOc1ccc(C=N/N=C2/NC(=O)/C(=C\C(=O)OC)S2)cc1OCC. The second-order valence-corrected chi connectivity index (χ2v) is 6.61. The number of methoxy groups -OCH3 is 1. The molecule has 0 spiro atoms. The van der Waals surface area contributed by atoms with Gasteiger partial charge in [0.1, 0.15) is 0 Å². The minimum absolute atomic E-state index is 0.202. The molecule has 0 atom stereocenters. The first kappa shape index (κ1) is 21.5. The van der Waals surface area contributed by atoms with Gasteiger partial charge in [-0.25, -0.2) is 4.79 Å². The second kappa shape index (κ2) is 11.1. The normalized spacial score (nSPS) is 16.6. The highest BCUT2D eigenvalue weighted by atomic mass is 32.2. The van der Waals surface area contributed by atoms with E-state index in [9.17, 15) is 9.59 Å². The Morgan fingerprint density at radius 1 is 1.25 bits per heavy atom. The van der Waals surface area contributed by atoms with E-state index in [1.165, 1.54) is 7.11 Å². The van der Waals surface area contributed by atoms with Crippen LogP contribution in [0.2, 0.25) is 0 Å². The Balaban J connectivity index is 2.06. The van der Waals surface area contributed by atoms with Gasteiger partial charge in [0.2, 0.25) is 0 Å². The van der Waals surface area contributed by atoms with Crippen molar-refractivity contribution >= 4 is 35.0 Å². The average molecular weight is 405 g/mol. The van der Waals surface area contributed by atoms with Crippen LogP contribution in [0.3, 0.4) is 0 Å². The number of rotatable bonds is 9. The molecule has 1 fully saturated rings. The largest absolute Gasteiger partial charge is 0.490 e. The topological polar surface area (TPSA) is 98.6 Å². The van der Waals surface area contributed by atoms with Crippen molar-refractivity contribution < 1.29 is 23.8 Å². The minimum Gasteiger partial charge on any atom is -0.490 e. The summed E-state index contributed by atoms with van der Waals surface area (Å²) in [4.78, 5) is 23.2. The lowest BCUT2D eigenvalue weighted by Crippen LogP contribution is -2.19. The van der Waals surface area contributed by atoms with Gasteiger partial charge in [-0.3, -0.25) is 10.1 Å². The van der Waals surface area contributed by atoms with Crippen LogP contribution in [0.25, 0.3) is 0 Å². The third-order valence-corrected chi connectivity index (χ3v) is 4.38. The molecule has 1 N–H and O–H groups in total. The van der Waals surface area contributed by atoms with E-state index < -0.39 is 11.9 Å². The van der Waals surface area contributed by atoms with Crippen molar-refractivity contribution in [1.29, 1.82) is 0 Å². The number of unbranched alkanes of at least 4 members (excludes halogenated alkanes) is 1. The zero-order chi connectivity index (χ0) is 20.4. The van der Waals surface area contributed by atoms with E-state index in [1.54, 1.807) is 6.21 Å². The molecule has 1 aliphatic heterocycles. The lowest BCUT2D eigenvalue weighted by molar-refractivity contribution is -0.135. The molecule has 1 aromatic rings. The van der Waals surface area contributed by atoms with Crippen LogP contribution >= 0.6 is 11.8 Å². The molecule has 9 heteroatoms. The fraction of sp³-hybridized carbons (Fsp3) is 0.368.